The van der Waals surface area contributed by atoms with E-state index in [4.69, 9.17) is 4.74 Å². The number of para-hydroxylation sites is 3. The molecule has 3 nitrogen and oxygen atoms in total. The highest BCUT2D eigenvalue weighted by molar-refractivity contribution is 5.70. The van der Waals surface area contributed by atoms with Crippen molar-refractivity contribution in [1.29, 1.82) is 0 Å². The number of ether oxygens (including phenoxy) is 1. The van der Waals surface area contributed by atoms with Gasteiger partial charge in [-0.1, -0.05) is 30.3 Å². The minimum absolute atomic E-state index is 0.173. The molecule has 2 rings (SSSR count). The van der Waals surface area contributed by atoms with E-state index in [9.17, 15) is 0 Å². The van der Waals surface area contributed by atoms with Crippen LogP contribution in [0.5, 0.6) is 5.75 Å². The van der Waals surface area contributed by atoms with Gasteiger partial charge in [0.25, 0.3) is 0 Å². The molecule has 1 atom stereocenters. The average Bonchev–Trinajstić information content (AvgIpc) is 2.47. The van der Waals surface area contributed by atoms with Crippen LogP contribution < -0.4 is 15.0 Å². The molecule has 0 aliphatic carbocycles. The summed E-state index contributed by atoms with van der Waals surface area (Å²) in [7, 11) is 5.81. The maximum atomic E-state index is 5.43. The summed E-state index contributed by atoms with van der Waals surface area (Å²) in [6.07, 6.45) is 0. The van der Waals surface area contributed by atoms with Gasteiger partial charge in [-0.3, -0.25) is 0 Å². The number of nitrogens with one attached hydrogen (secondary N) is 1. The lowest BCUT2D eigenvalue weighted by atomic mass is 10.1. The van der Waals surface area contributed by atoms with Gasteiger partial charge in [-0.2, -0.15) is 0 Å². The number of rotatable bonds is 5. The van der Waals surface area contributed by atoms with Gasteiger partial charge in [-0.15, -0.1) is 0 Å². The van der Waals surface area contributed by atoms with Crippen molar-refractivity contribution in [2.24, 2.45) is 0 Å². The zero-order valence-corrected chi connectivity index (χ0v) is 12.6. The van der Waals surface area contributed by atoms with Crippen molar-refractivity contribution in [1.82, 2.24) is 0 Å². The molecule has 0 aliphatic rings. The van der Waals surface area contributed by atoms with Crippen molar-refractivity contribution in [2.75, 3.05) is 31.4 Å². The molecule has 3 heteroatoms. The predicted octanol–water partition coefficient (Wildman–Crippen LogP) is 3.93. The third-order valence-corrected chi connectivity index (χ3v) is 3.36. The Bertz CT molecular complexity index is 566. The molecule has 106 valence electrons. The average molecular weight is 270 g/mol. The molecule has 0 fully saturated rings. The van der Waals surface area contributed by atoms with Crippen LogP contribution in [0, 0.1) is 0 Å². The highest BCUT2D eigenvalue weighted by atomic mass is 16.5. The second-order valence-electron chi connectivity index (χ2n) is 5.02. The van der Waals surface area contributed by atoms with Gasteiger partial charge in [0.15, 0.2) is 0 Å². The van der Waals surface area contributed by atoms with Gasteiger partial charge in [0.05, 0.1) is 24.5 Å². The number of benzene rings is 2. The summed E-state index contributed by atoms with van der Waals surface area (Å²) < 4.78 is 5.43. The van der Waals surface area contributed by atoms with Gasteiger partial charge in [0, 0.05) is 19.7 Å². The fraction of sp³-hybridized carbons (Fsp3) is 0.294. The normalized spacial score (nSPS) is 11.8. The molecule has 0 bridgehead atoms. The summed E-state index contributed by atoms with van der Waals surface area (Å²) in [5.41, 5.74) is 3.45. The molecule has 0 heterocycles. The maximum Gasteiger partial charge on any atom is 0.124 e. The Kier molecular flexibility index (Phi) is 4.51. The summed E-state index contributed by atoms with van der Waals surface area (Å²) in [4.78, 5) is 2.11. The Hall–Kier alpha value is -2.16. The Labute approximate surface area is 121 Å². The van der Waals surface area contributed by atoms with E-state index in [0.717, 1.165) is 17.0 Å². The van der Waals surface area contributed by atoms with Gasteiger partial charge >= 0.3 is 0 Å². The second kappa shape index (κ2) is 6.33. The maximum absolute atomic E-state index is 5.43. The van der Waals surface area contributed by atoms with Gasteiger partial charge < -0.3 is 15.0 Å². The summed E-state index contributed by atoms with van der Waals surface area (Å²) in [5.74, 6) is 0.912. The monoisotopic (exact) mass is 270 g/mol. The molecular weight excluding hydrogens is 248 g/mol. The number of anilines is 2. The van der Waals surface area contributed by atoms with Gasteiger partial charge in [-0.25, -0.2) is 0 Å². The number of methoxy groups -OCH3 is 1. The molecule has 2 aromatic rings. The molecule has 0 saturated heterocycles. The standard InChI is InChI=1S/C17H22N2O/c1-13(14-9-5-8-12-17(14)20-4)18-15-10-6-7-11-16(15)19(2)3/h5-13,18H,1-4H3. The van der Waals surface area contributed by atoms with Crippen LogP contribution >= 0.6 is 0 Å². The summed E-state index contributed by atoms with van der Waals surface area (Å²) in [5, 5.41) is 3.56. The van der Waals surface area contributed by atoms with Crippen molar-refractivity contribution in [3.63, 3.8) is 0 Å². The van der Waals surface area contributed by atoms with E-state index >= 15 is 0 Å². The first-order valence-electron chi connectivity index (χ1n) is 6.79. The molecule has 0 aliphatic heterocycles. The van der Waals surface area contributed by atoms with E-state index < -0.39 is 0 Å². The molecule has 1 N–H and O–H groups in total. The fourth-order valence-corrected chi connectivity index (χ4v) is 2.32. The Morgan fingerprint density at radius 2 is 1.65 bits per heavy atom. The zero-order chi connectivity index (χ0) is 14.5. The molecular formula is C17H22N2O. The third kappa shape index (κ3) is 3.05. The van der Waals surface area contributed by atoms with E-state index in [1.54, 1.807) is 7.11 Å². The molecule has 0 aromatic heterocycles. The number of nitrogens with zero attached hydrogens (tertiary/aromatic N) is 1. The first-order chi connectivity index (χ1) is 9.63. The van der Waals surface area contributed by atoms with E-state index in [1.165, 1.54) is 5.69 Å². The largest absolute Gasteiger partial charge is 0.496 e. The van der Waals surface area contributed by atoms with Crippen LogP contribution in [0.25, 0.3) is 0 Å². The van der Waals surface area contributed by atoms with Gasteiger partial charge in [0.1, 0.15) is 5.75 Å². The highest BCUT2D eigenvalue weighted by Gasteiger charge is 2.12. The van der Waals surface area contributed by atoms with Crippen LogP contribution in [0.3, 0.4) is 0 Å². The van der Waals surface area contributed by atoms with Gasteiger partial charge in [0.2, 0.25) is 0 Å². The van der Waals surface area contributed by atoms with Crippen LogP contribution in [-0.4, -0.2) is 21.2 Å². The lowest BCUT2D eigenvalue weighted by molar-refractivity contribution is 0.408. The topological polar surface area (TPSA) is 24.5 Å². The first-order valence-corrected chi connectivity index (χ1v) is 6.79. The van der Waals surface area contributed by atoms with Crippen LogP contribution in [0.1, 0.15) is 18.5 Å². The quantitative estimate of drug-likeness (QED) is 0.890. The van der Waals surface area contributed by atoms with E-state index in [1.807, 2.05) is 44.4 Å². The van der Waals surface area contributed by atoms with E-state index in [2.05, 4.69) is 35.3 Å². The smallest absolute Gasteiger partial charge is 0.124 e. The second-order valence-corrected chi connectivity index (χ2v) is 5.02. The molecule has 20 heavy (non-hydrogen) atoms. The van der Waals surface area contributed by atoms with Crippen molar-refractivity contribution >= 4 is 11.4 Å². The minimum atomic E-state index is 0.173. The molecule has 0 radical (unpaired) electrons. The number of hydrogen-bond acceptors (Lipinski definition) is 3. The van der Waals surface area contributed by atoms with Crippen molar-refractivity contribution < 1.29 is 4.74 Å². The third-order valence-electron chi connectivity index (χ3n) is 3.36. The summed E-state index contributed by atoms with van der Waals surface area (Å²) in [6, 6.07) is 16.6. The predicted molar refractivity (Wildman–Crippen MR) is 85.8 cm³/mol. The Morgan fingerprint density at radius 3 is 2.35 bits per heavy atom. The van der Waals surface area contributed by atoms with E-state index in [0.29, 0.717) is 0 Å². The summed E-state index contributed by atoms with van der Waals surface area (Å²) in [6.45, 7) is 2.14. The van der Waals surface area contributed by atoms with Gasteiger partial charge in [-0.05, 0) is 25.1 Å². The van der Waals surface area contributed by atoms with Crippen molar-refractivity contribution in [3.05, 3.63) is 54.1 Å². The number of hydrogen-bond donors (Lipinski definition) is 1. The SMILES string of the molecule is COc1ccccc1C(C)Nc1ccccc1N(C)C. The highest BCUT2D eigenvalue weighted by Crippen LogP contribution is 2.31. The first kappa shape index (κ1) is 14.3. The van der Waals surface area contributed by atoms with Crippen LogP contribution in [0.4, 0.5) is 11.4 Å². The summed E-state index contributed by atoms with van der Waals surface area (Å²) >= 11 is 0. The fourth-order valence-electron chi connectivity index (χ4n) is 2.32. The molecule has 0 saturated carbocycles. The van der Waals surface area contributed by atoms with Crippen molar-refractivity contribution in [2.45, 2.75) is 13.0 Å². The molecule has 2 aromatic carbocycles. The van der Waals surface area contributed by atoms with Crippen LogP contribution in [0.2, 0.25) is 0 Å². The molecule has 0 spiro atoms. The molecule has 0 amide bonds. The minimum Gasteiger partial charge on any atom is -0.496 e. The zero-order valence-electron chi connectivity index (χ0n) is 12.6. The lowest BCUT2D eigenvalue weighted by Crippen LogP contribution is -2.14. The van der Waals surface area contributed by atoms with Crippen molar-refractivity contribution in [3.8, 4) is 5.75 Å². The van der Waals surface area contributed by atoms with E-state index in [-0.39, 0.29) is 6.04 Å². The Morgan fingerprint density at radius 1 is 1.00 bits per heavy atom. The Balaban J connectivity index is 2.26. The lowest BCUT2D eigenvalue weighted by Gasteiger charge is -2.23. The van der Waals surface area contributed by atoms with Crippen LogP contribution in [0.15, 0.2) is 48.5 Å². The molecule has 1 unspecified atom stereocenters. The van der Waals surface area contributed by atoms with Crippen LogP contribution in [-0.2, 0) is 0 Å².